The van der Waals surface area contributed by atoms with Crippen LogP contribution in [-0.4, -0.2) is 34.7 Å². The average molecular weight is 382 g/mol. The number of hydrogen-bond acceptors (Lipinski definition) is 4. The maximum atomic E-state index is 12.6. The van der Waals surface area contributed by atoms with E-state index in [2.05, 4.69) is 29.0 Å². The van der Waals surface area contributed by atoms with Gasteiger partial charge in [0.15, 0.2) is 0 Å². The molecular weight excluding hydrogens is 362 g/mol. The maximum absolute atomic E-state index is 12.6. The van der Waals surface area contributed by atoms with Crippen LogP contribution >= 0.6 is 11.6 Å². The van der Waals surface area contributed by atoms with E-state index in [4.69, 9.17) is 11.6 Å². The van der Waals surface area contributed by atoms with Gasteiger partial charge in [0, 0.05) is 36.2 Å². The number of amides is 1. The first-order valence-corrected chi connectivity index (χ1v) is 9.36. The van der Waals surface area contributed by atoms with E-state index < -0.39 is 11.7 Å². The van der Waals surface area contributed by atoms with Crippen molar-refractivity contribution in [1.82, 2.24) is 15.2 Å². The van der Waals surface area contributed by atoms with E-state index in [0.717, 1.165) is 24.1 Å². The van der Waals surface area contributed by atoms with Gasteiger partial charge in [-0.2, -0.15) is 0 Å². The standard InChI is InChI=1S/C21H20ClN3O2/c1-14-17-4-2-3-5-18(17)21(24-14)8-10-25(11-9-21)20(27)19(26)12-16-7-6-15(22)13-23-16/h2-7,13,24H,1,8-12H2. The van der Waals surface area contributed by atoms with Crippen LogP contribution in [-0.2, 0) is 21.5 Å². The molecule has 0 aliphatic carbocycles. The van der Waals surface area contributed by atoms with E-state index in [1.165, 1.54) is 11.8 Å². The highest BCUT2D eigenvalue weighted by Gasteiger charge is 2.43. The number of aromatic nitrogens is 1. The number of piperidine rings is 1. The summed E-state index contributed by atoms with van der Waals surface area (Å²) in [7, 11) is 0. The molecule has 0 radical (unpaired) electrons. The molecule has 1 aromatic heterocycles. The Morgan fingerprint density at radius 1 is 1.19 bits per heavy atom. The normalized spacial score (nSPS) is 17.5. The number of nitrogens with zero attached hydrogens (tertiary/aromatic N) is 2. The number of halogens is 1. The first kappa shape index (κ1) is 17.7. The van der Waals surface area contributed by atoms with Gasteiger partial charge in [0.2, 0.25) is 5.78 Å². The third-order valence-corrected chi connectivity index (χ3v) is 5.65. The van der Waals surface area contributed by atoms with Crippen molar-refractivity contribution in [3.8, 4) is 0 Å². The monoisotopic (exact) mass is 381 g/mol. The van der Waals surface area contributed by atoms with Gasteiger partial charge in [-0.1, -0.05) is 42.4 Å². The molecule has 3 heterocycles. The van der Waals surface area contributed by atoms with Crippen molar-refractivity contribution < 1.29 is 9.59 Å². The molecule has 1 saturated heterocycles. The van der Waals surface area contributed by atoms with Gasteiger partial charge in [-0.3, -0.25) is 14.6 Å². The predicted octanol–water partition coefficient (Wildman–Crippen LogP) is 2.94. The molecule has 2 aromatic rings. The molecule has 4 rings (SSSR count). The van der Waals surface area contributed by atoms with E-state index in [0.29, 0.717) is 23.8 Å². The average Bonchev–Trinajstić information content (AvgIpc) is 2.96. The second-order valence-electron chi connectivity index (χ2n) is 7.09. The molecule has 1 amide bonds. The molecule has 27 heavy (non-hydrogen) atoms. The summed E-state index contributed by atoms with van der Waals surface area (Å²) in [5.41, 5.74) is 3.66. The fourth-order valence-corrected chi connectivity index (χ4v) is 4.11. The van der Waals surface area contributed by atoms with Crippen LogP contribution in [0.2, 0.25) is 5.02 Å². The van der Waals surface area contributed by atoms with E-state index in [1.54, 1.807) is 17.0 Å². The predicted molar refractivity (Wildman–Crippen MR) is 104 cm³/mol. The zero-order chi connectivity index (χ0) is 19.0. The highest BCUT2D eigenvalue weighted by molar-refractivity contribution is 6.36. The van der Waals surface area contributed by atoms with Crippen molar-refractivity contribution in [2.24, 2.45) is 0 Å². The number of Topliss-reactive ketones (excluding diaryl/α,β-unsaturated/α-hetero) is 1. The summed E-state index contributed by atoms with van der Waals surface area (Å²) in [6.45, 7) is 5.19. The van der Waals surface area contributed by atoms with Gasteiger partial charge in [0.25, 0.3) is 5.91 Å². The fourth-order valence-electron chi connectivity index (χ4n) is 4.00. The van der Waals surface area contributed by atoms with E-state index >= 15 is 0 Å². The maximum Gasteiger partial charge on any atom is 0.290 e. The number of carbonyl (C=O) groups is 2. The molecule has 2 aliphatic rings. The second kappa shape index (κ2) is 6.82. The SMILES string of the molecule is C=C1NC2(CCN(C(=O)C(=O)Cc3ccc(Cl)cn3)CC2)c2ccccc21. The number of rotatable bonds is 3. The second-order valence-corrected chi connectivity index (χ2v) is 7.53. The molecule has 2 aliphatic heterocycles. The van der Waals surface area contributed by atoms with E-state index in [1.807, 2.05) is 12.1 Å². The molecule has 0 atom stereocenters. The van der Waals surface area contributed by atoms with Crippen LogP contribution in [0.3, 0.4) is 0 Å². The van der Waals surface area contributed by atoms with Crippen molar-refractivity contribution in [3.63, 3.8) is 0 Å². The molecule has 1 spiro atoms. The summed E-state index contributed by atoms with van der Waals surface area (Å²) >= 11 is 5.80. The lowest BCUT2D eigenvalue weighted by atomic mass is 9.81. The van der Waals surface area contributed by atoms with Crippen LogP contribution in [0.4, 0.5) is 0 Å². The largest absolute Gasteiger partial charge is 0.375 e. The lowest BCUT2D eigenvalue weighted by molar-refractivity contribution is -0.145. The van der Waals surface area contributed by atoms with Crippen molar-refractivity contribution in [2.75, 3.05) is 13.1 Å². The molecule has 1 fully saturated rings. The topological polar surface area (TPSA) is 62.3 Å². The number of hydrogen-bond donors (Lipinski definition) is 1. The van der Waals surface area contributed by atoms with Gasteiger partial charge < -0.3 is 10.2 Å². The molecule has 5 nitrogen and oxygen atoms in total. The third-order valence-electron chi connectivity index (χ3n) is 5.43. The van der Waals surface area contributed by atoms with Gasteiger partial charge >= 0.3 is 0 Å². The molecule has 138 valence electrons. The summed E-state index contributed by atoms with van der Waals surface area (Å²) in [5, 5.41) is 4.03. The van der Waals surface area contributed by atoms with Crippen LogP contribution in [0.25, 0.3) is 5.70 Å². The molecule has 0 unspecified atom stereocenters. The third kappa shape index (κ3) is 3.23. The highest BCUT2D eigenvalue weighted by atomic mass is 35.5. The van der Waals surface area contributed by atoms with Crippen LogP contribution in [0.1, 0.15) is 29.7 Å². The van der Waals surface area contributed by atoms with Crippen molar-refractivity contribution in [3.05, 3.63) is 71.0 Å². The number of fused-ring (bicyclic) bond motifs is 2. The van der Waals surface area contributed by atoms with Crippen molar-refractivity contribution in [1.29, 1.82) is 0 Å². The lowest BCUT2D eigenvalue weighted by Gasteiger charge is -2.40. The first-order valence-electron chi connectivity index (χ1n) is 8.98. The lowest BCUT2D eigenvalue weighted by Crippen LogP contribution is -2.51. The summed E-state index contributed by atoms with van der Waals surface area (Å²) < 4.78 is 0. The first-order chi connectivity index (χ1) is 13.0. The number of pyridine rings is 1. The summed E-state index contributed by atoms with van der Waals surface area (Å²) in [6.07, 6.45) is 2.98. The summed E-state index contributed by atoms with van der Waals surface area (Å²) in [4.78, 5) is 30.7. The van der Waals surface area contributed by atoms with Gasteiger partial charge in [0.1, 0.15) is 0 Å². The quantitative estimate of drug-likeness (QED) is 0.830. The minimum absolute atomic E-state index is 0.00443. The molecule has 0 saturated carbocycles. The Morgan fingerprint density at radius 2 is 1.93 bits per heavy atom. The molecule has 1 N–H and O–H groups in total. The fraction of sp³-hybridized carbons (Fsp3) is 0.286. The Balaban J connectivity index is 1.42. The number of likely N-dealkylation sites (tertiary alicyclic amines) is 1. The molecule has 0 bridgehead atoms. The smallest absolute Gasteiger partial charge is 0.290 e. The number of ketones is 1. The Hall–Kier alpha value is -2.66. The Bertz CT molecular complexity index is 915. The van der Waals surface area contributed by atoms with Crippen LogP contribution in [0.15, 0.2) is 49.2 Å². The van der Waals surface area contributed by atoms with Crippen LogP contribution < -0.4 is 5.32 Å². The Kier molecular flexibility index (Phi) is 4.48. The van der Waals surface area contributed by atoms with Gasteiger partial charge in [0.05, 0.1) is 17.0 Å². The van der Waals surface area contributed by atoms with E-state index in [9.17, 15) is 9.59 Å². The minimum Gasteiger partial charge on any atom is -0.375 e. The number of carbonyl (C=O) groups excluding carboxylic acids is 2. The minimum atomic E-state index is -0.440. The van der Waals surface area contributed by atoms with Gasteiger partial charge in [-0.15, -0.1) is 0 Å². The zero-order valence-electron chi connectivity index (χ0n) is 14.9. The molecular formula is C21H20ClN3O2. The van der Waals surface area contributed by atoms with Crippen LogP contribution in [0.5, 0.6) is 0 Å². The Morgan fingerprint density at radius 3 is 2.63 bits per heavy atom. The summed E-state index contributed by atoms with van der Waals surface area (Å²) in [6, 6.07) is 11.6. The van der Waals surface area contributed by atoms with Crippen molar-refractivity contribution >= 4 is 29.0 Å². The number of benzene rings is 1. The molecule has 1 aromatic carbocycles. The summed E-state index contributed by atoms with van der Waals surface area (Å²) in [5.74, 6) is -0.878. The van der Waals surface area contributed by atoms with E-state index in [-0.39, 0.29) is 12.0 Å². The van der Waals surface area contributed by atoms with Gasteiger partial charge in [-0.05, 0) is 30.5 Å². The zero-order valence-corrected chi connectivity index (χ0v) is 15.6. The molecule has 6 heteroatoms. The van der Waals surface area contributed by atoms with Gasteiger partial charge in [-0.25, -0.2) is 0 Å². The highest BCUT2D eigenvalue weighted by Crippen LogP contribution is 2.42. The van der Waals surface area contributed by atoms with Crippen LogP contribution in [0, 0.1) is 0 Å². The number of nitrogens with one attached hydrogen (secondary N) is 1. The Labute approximate surface area is 163 Å². The van der Waals surface area contributed by atoms with Crippen molar-refractivity contribution in [2.45, 2.75) is 24.8 Å².